The minimum absolute atomic E-state index is 0.282. The molecular weight excluding hydrogens is 495 g/mol. The van der Waals surface area contributed by atoms with E-state index in [1.165, 1.54) is 0 Å². The fourth-order valence-corrected chi connectivity index (χ4v) is 7.37. The summed E-state index contributed by atoms with van der Waals surface area (Å²) in [5.74, 6) is -1.44. The van der Waals surface area contributed by atoms with Gasteiger partial charge < -0.3 is 19.7 Å². The second kappa shape index (κ2) is 12.0. The fourth-order valence-electron chi connectivity index (χ4n) is 7.37. The number of ether oxygens (including phenoxy) is 2. The summed E-state index contributed by atoms with van der Waals surface area (Å²) in [6.45, 7) is 12.5. The Bertz CT molecular complexity index is 1020. The molecule has 4 rings (SSSR count). The molecule has 0 aromatic rings. The van der Waals surface area contributed by atoms with Crippen LogP contribution in [0.5, 0.6) is 0 Å². The molecule has 1 saturated heterocycles. The molecule has 0 radical (unpaired) electrons. The van der Waals surface area contributed by atoms with Crippen molar-refractivity contribution in [2.75, 3.05) is 6.61 Å². The van der Waals surface area contributed by atoms with Crippen molar-refractivity contribution >= 4 is 5.97 Å². The molecule has 1 unspecified atom stereocenters. The number of carbonyl (C=O) groups excluding carboxylic acids is 1. The van der Waals surface area contributed by atoms with Crippen molar-refractivity contribution in [3.63, 3.8) is 0 Å². The first-order valence-corrected chi connectivity index (χ1v) is 15.0. The van der Waals surface area contributed by atoms with Crippen molar-refractivity contribution in [1.29, 1.82) is 0 Å². The topological polar surface area (TPSA) is 76.0 Å². The number of cyclic esters (lactones) is 1. The van der Waals surface area contributed by atoms with Crippen LogP contribution >= 0.6 is 0 Å². The van der Waals surface area contributed by atoms with E-state index >= 15 is 4.39 Å². The summed E-state index contributed by atoms with van der Waals surface area (Å²) in [7, 11) is 0. The average molecular weight is 545 g/mol. The number of halogens is 1. The van der Waals surface area contributed by atoms with Crippen molar-refractivity contribution in [2.45, 2.75) is 116 Å². The highest BCUT2D eigenvalue weighted by Gasteiger charge is 2.58. The Balaban J connectivity index is 1.71. The summed E-state index contributed by atoms with van der Waals surface area (Å²) in [6.07, 6.45) is 12.0. The molecule has 2 aliphatic carbocycles. The van der Waals surface area contributed by atoms with Gasteiger partial charge in [-0.2, -0.15) is 0 Å². The van der Waals surface area contributed by atoms with E-state index in [0.29, 0.717) is 42.9 Å². The Kier molecular flexibility index (Phi) is 9.29. The molecule has 1 saturated carbocycles. The second-order valence-electron chi connectivity index (χ2n) is 13.2. The maximum Gasteiger partial charge on any atom is 0.316 e. The summed E-state index contributed by atoms with van der Waals surface area (Å²) in [4.78, 5) is 13.7. The summed E-state index contributed by atoms with van der Waals surface area (Å²) in [6, 6.07) is 0. The van der Waals surface area contributed by atoms with E-state index in [1.54, 1.807) is 19.1 Å². The standard InChI is InChI=1S/C33H49FO5/c1-20-10-11-23(4)29(34)22(3)8-7-9-26-12-13-27-30(35)24(5)16-28(33(26,27)37)31(36)39-25(6)18-32(17-20)15-14-21(2)19-38-32/h7-9,11,16,20-22,25,27-30,35,37H,10,12-15,17-19H2,1-6H3/b8-7+,23-11+,26-9+/t20-,21-,22-,25-,27+,28-,29?,30+,32-,33-/m0/s1. The van der Waals surface area contributed by atoms with Crippen LogP contribution in [0.4, 0.5) is 4.39 Å². The first-order chi connectivity index (χ1) is 18.4. The van der Waals surface area contributed by atoms with Crippen molar-refractivity contribution in [3.8, 4) is 0 Å². The van der Waals surface area contributed by atoms with Crippen molar-refractivity contribution in [3.05, 3.63) is 47.1 Å². The van der Waals surface area contributed by atoms with E-state index in [1.807, 2.05) is 39.0 Å². The smallest absolute Gasteiger partial charge is 0.316 e. The molecule has 39 heavy (non-hydrogen) atoms. The zero-order chi connectivity index (χ0) is 28.5. The van der Waals surface area contributed by atoms with Crippen LogP contribution in [-0.2, 0) is 14.3 Å². The number of esters is 1. The van der Waals surface area contributed by atoms with Crippen LogP contribution in [0.3, 0.4) is 0 Å². The predicted octanol–water partition coefficient (Wildman–Crippen LogP) is 6.40. The SMILES string of the molecule is CC1=C[C@H]2C(=O)O[C@@H](C)C[C@]3(CC[C@H](C)CO3)C[C@@H](C)C/C=C(\C)C(F)[C@@H](C)/C=C/C=C3\CC[C@H]([C@@H]1O)[C@@]32O. The quantitative estimate of drug-likeness (QED) is 0.272. The third-order valence-corrected chi connectivity index (χ3v) is 9.72. The first-order valence-electron chi connectivity index (χ1n) is 15.0. The number of alkyl halides is 1. The minimum atomic E-state index is -1.54. The molecular formula is C33H49FO5. The van der Waals surface area contributed by atoms with Crippen LogP contribution < -0.4 is 0 Å². The first kappa shape index (κ1) is 30.2. The number of hydrogen-bond acceptors (Lipinski definition) is 5. The summed E-state index contributed by atoms with van der Waals surface area (Å²) < 4.78 is 27.9. The molecule has 2 heterocycles. The van der Waals surface area contributed by atoms with Gasteiger partial charge in [0.05, 0.1) is 11.7 Å². The highest BCUT2D eigenvalue weighted by atomic mass is 19.1. The van der Waals surface area contributed by atoms with Gasteiger partial charge in [-0.15, -0.1) is 0 Å². The number of carbonyl (C=O) groups is 1. The van der Waals surface area contributed by atoms with Crippen molar-refractivity contribution < 1.29 is 28.9 Å². The normalized spacial score (nSPS) is 47.9. The molecule has 5 nitrogen and oxygen atoms in total. The molecule has 0 amide bonds. The Labute approximate surface area is 234 Å². The van der Waals surface area contributed by atoms with Gasteiger partial charge in [0.2, 0.25) is 0 Å². The molecule has 2 fully saturated rings. The van der Waals surface area contributed by atoms with Crippen LogP contribution in [0.25, 0.3) is 0 Å². The maximum atomic E-state index is 15.3. The lowest BCUT2D eigenvalue weighted by molar-refractivity contribution is -0.171. The molecule has 0 aromatic carbocycles. The second-order valence-corrected chi connectivity index (χ2v) is 13.2. The Hall–Kier alpha value is -1.76. The third-order valence-electron chi connectivity index (χ3n) is 9.72. The summed E-state index contributed by atoms with van der Waals surface area (Å²) >= 11 is 0. The highest BCUT2D eigenvalue weighted by molar-refractivity contribution is 5.78. The molecule has 4 aliphatic rings. The molecule has 0 aromatic heterocycles. The zero-order valence-corrected chi connectivity index (χ0v) is 24.7. The molecule has 218 valence electrons. The van der Waals surface area contributed by atoms with Gasteiger partial charge in [-0.25, -0.2) is 4.39 Å². The van der Waals surface area contributed by atoms with Crippen molar-refractivity contribution in [1.82, 2.24) is 0 Å². The van der Waals surface area contributed by atoms with Crippen LogP contribution in [0.15, 0.2) is 47.1 Å². The van der Waals surface area contributed by atoms with Gasteiger partial charge in [-0.05, 0) is 87.9 Å². The lowest BCUT2D eigenvalue weighted by Crippen LogP contribution is -2.53. The van der Waals surface area contributed by atoms with Crippen LogP contribution in [-0.4, -0.2) is 52.4 Å². The number of aliphatic hydroxyl groups is 2. The third kappa shape index (κ3) is 6.28. The highest BCUT2D eigenvalue weighted by Crippen LogP contribution is 2.52. The fraction of sp³-hybridized carbons (Fsp3) is 0.727. The van der Waals surface area contributed by atoms with Crippen LogP contribution in [0, 0.1) is 29.6 Å². The van der Waals surface area contributed by atoms with E-state index in [-0.39, 0.29) is 11.8 Å². The van der Waals surface area contributed by atoms with Gasteiger partial charge in [-0.1, -0.05) is 51.2 Å². The van der Waals surface area contributed by atoms with E-state index in [2.05, 4.69) is 13.8 Å². The Morgan fingerprint density at radius 2 is 1.79 bits per heavy atom. The Morgan fingerprint density at radius 1 is 1.05 bits per heavy atom. The molecule has 10 atom stereocenters. The lowest BCUT2D eigenvalue weighted by Gasteiger charge is -2.44. The monoisotopic (exact) mass is 544 g/mol. The molecule has 2 aliphatic heterocycles. The van der Waals surface area contributed by atoms with Gasteiger partial charge in [0.1, 0.15) is 23.8 Å². The lowest BCUT2D eigenvalue weighted by atomic mass is 9.68. The van der Waals surface area contributed by atoms with E-state index in [0.717, 1.165) is 31.3 Å². The van der Waals surface area contributed by atoms with Gasteiger partial charge in [-0.3, -0.25) is 4.79 Å². The van der Waals surface area contributed by atoms with E-state index in [4.69, 9.17) is 9.47 Å². The van der Waals surface area contributed by atoms with E-state index < -0.39 is 47.4 Å². The number of aliphatic hydroxyl groups excluding tert-OH is 1. The van der Waals surface area contributed by atoms with Gasteiger partial charge in [0, 0.05) is 24.9 Å². The Morgan fingerprint density at radius 3 is 2.49 bits per heavy atom. The zero-order valence-electron chi connectivity index (χ0n) is 24.7. The maximum absolute atomic E-state index is 15.3. The van der Waals surface area contributed by atoms with Gasteiger partial charge >= 0.3 is 5.97 Å². The van der Waals surface area contributed by atoms with Crippen LogP contribution in [0.1, 0.15) is 86.5 Å². The van der Waals surface area contributed by atoms with Crippen LogP contribution in [0.2, 0.25) is 0 Å². The largest absolute Gasteiger partial charge is 0.462 e. The molecule has 6 heteroatoms. The summed E-state index contributed by atoms with van der Waals surface area (Å²) in [5, 5.41) is 23.0. The summed E-state index contributed by atoms with van der Waals surface area (Å²) in [5.41, 5.74) is 0.160. The molecule has 2 N–H and O–H groups in total. The number of allylic oxidation sites excluding steroid dienone is 5. The van der Waals surface area contributed by atoms with E-state index in [9.17, 15) is 15.0 Å². The number of rotatable bonds is 0. The predicted molar refractivity (Wildman–Crippen MR) is 152 cm³/mol. The molecule has 1 spiro atoms. The van der Waals surface area contributed by atoms with Gasteiger partial charge in [0.15, 0.2) is 0 Å². The van der Waals surface area contributed by atoms with Gasteiger partial charge in [0.25, 0.3) is 0 Å². The van der Waals surface area contributed by atoms with Crippen molar-refractivity contribution in [2.24, 2.45) is 29.6 Å². The average Bonchev–Trinajstić information content (AvgIpc) is 3.22. The molecule has 0 bridgehead atoms. The minimum Gasteiger partial charge on any atom is -0.462 e. The number of hydrogen-bond donors (Lipinski definition) is 2.